The number of benzene rings is 2. The number of rotatable bonds is 9. The van der Waals surface area contributed by atoms with Gasteiger partial charge in [0.1, 0.15) is 0 Å². The van der Waals surface area contributed by atoms with Crippen molar-refractivity contribution in [2.45, 2.75) is 31.8 Å². The van der Waals surface area contributed by atoms with Crippen LogP contribution < -0.4 is 15.0 Å². The zero-order valence-electron chi connectivity index (χ0n) is 16.8. The van der Waals surface area contributed by atoms with Crippen LogP contribution in [0.1, 0.15) is 23.1 Å². The highest BCUT2D eigenvalue weighted by Crippen LogP contribution is 2.33. The van der Waals surface area contributed by atoms with Gasteiger partial charge in [-0.25, -0.2) is 13.9 Å². The Morgan fingerprint density at radius 1 is 1.10 bits per heavy atom. The number of hydrogen-bond acceptors (Lipinski definition) is 6. The maximum absolute atomic E-state index is 13.0. The molecule has 1 heterocycles. The molecule has 8 heteroatoms. The number of fused-ring (bicyclic) bond motifs is 1. The van der Waals surface area contributed by atoms with Gasteiger partial charge in [0.2, 0.25) is 10.0 Å². The van der Waals surface area contributed by atoms with Crippen LogP contribution in [0.4, 0.5) is 0 Å². The van der Waals surface area contributed by atoms with Gasteiger partial charge >= 0.3 is 0 Å². The number of aryl methyl sites for hydroxylation is 1. The van der Waals surface area contributed by atoms with Gasteiger partial charge < -0.3 is 14.7 Å². The minimum Gasteiger partial charge on any atom is -0.493 e. The van der Waals surface area contributed by atoms with Gasteiger partial charge in [0, 0.05) is 19.1 Å². The van der Waals surface area contributed by atoms with Crippen LogP contribution in [0, 0.1) is 0 Å². The van der Waals surface area contributed by atoms with Crippen molar-refractivity contribution in [1.29, 1.82) is 0 Å². The summed E-state index contributed by atoms with van der Waals surface area (Å²) in [5, 5.41) is 9.49. The Labute approximate surface area is 172 Å². The third kappa shape index (κ3) is 5.27. The summed E-state index contributed by atoms with van der Waals surface area (Å²) in [6, 6.07) is 13.0. The lowest BCUT2D eigenvalue weighted by Crippen LogP contribution is -2.43. The monoisotopic (exact) mass is 420 g/mol. The lowest BCUT2D eigenvalue weighted by molar-refractivity contribution is 0.129. The SMILES string of the molecule is COc1cc2c(cc1OC)CN(S(=O)(=O)CC(CCc1ccccc1)NO)CC2. The van der Waals surface area contributed by atoms with Gasteiger partial charge in [-0.05, 0) is 48.1 Å². The van der Waals surface area contributed by atoms with Gasteiger partial charge in [0.05, 0.1) is 20.0 Å². The van der Waals surface area contributed by atoms with Gasteiger partial charge in [-0.2, -0.15) is 4.31 Å². The fourth-order valence-corrected chi connectivity index (χ4v) is 5.29. The molecule has 1 atom stereocenters. The summed E-state index contributed by atoms with van der Waals surface area (Å²) in [7, 11) is -0.392. The molecule has 0 amide bonds. The first-order valence-corrected chi connectivity index (χ1v) is 11.2. The minimum absolute atomic E-state index is 0.154. The molecule has 3 rings (SSSR count). The summed E-state index contributed by atoms with van der Waals surface area (Å²) in [6.45, 7) is 0.691. The van der Waals surface area contributed by atoms with Crippen LogP contribution in [0.15, 0.2) is 42.5 Å². The van der Waals surface area contributed by atoms with Gasteiger partial charge in [-0.15, -0.1) is 0 Å². The zero-order chi connectivity index (χ0) is 20.9. The second-order valence-corrected chi connectivity index (χ2v) is 9.20. The van der Waals surface area contributed by atoms with E-state index < -0.39 is 16.1 Å². The minimum atomic E-state index is -3.54. The van der Waals surface area contributed by atoms with Crippen LogP contribution in [0.25, 0.3) is 0 Å². The lowest BCUT2D eigenvalue weighted by Gasteiger charge is -2.30. The van der Waals surface area contributed by atoms with Crippen molar-refractivity contribution in [3.05, 3.63) is 59.2 Å². The van der Waals surface area contributed by atoms with Crippen LogP contribution in [0.3, 0.4) is 0 Å². The molecule has 0 saturated carbocycles. The molecule has 0 saturated heterocycles. The zero-order valence-corrected chi connectivity index (χ0v) is 17.6. The van der Waals surface area contributed by atoms with E-state index in [1.807, 2.05) is 42.5 Å². The predicted octanol–water partition coefficient (Wildman–Crippen LogP) is 2.37. The molecule has 158 valence electrons. The van der Waals surface area contributed by atoms with Gasteiger partial charge in [0.25, 0.3) is 0 Å². The summed E-state index contributed by atoms with van der Waals surface area (Å²) in [6.07, 6.45) is 1.82. The molecule has 1 aliphatic rings. The highest BCUT2D eigenvalue weighted by atomic mass is 32.2. The molecule has 29 heavy (non-hydrogen) atoms. The third-order valence-corrected chi connectivity index (χ3v) is 7.22. The molecular weight excluding hydrogens is 392 g/mol. The predicted molar refractivity (Wildman–Crippen MR) is 111 cm³/mol. The largest absolute Gasteiger partial charge is 0.493 e. The van der Waals surface area contributed by atoms with E-state index in [9.17, 15) is 13.6 Å². The Morgan fingerprint density at radius 2 is 1.76 bits per heavy atom. The van der Waals surface area contributed by atoms with Crippen molar-refractivity contribution < 1.29 is 23.1 Å². The topological polar surface area (TPSA) is 88.1 Å². The Kier molecular flexibility index (Phi) is 7.13. The Hall–Kier alpha value is -2.13. The molecule has 0 bridgehead atoms. The van der Waals surface area contributed by atoms with E-state index in [-0.39, 0.29) is 12.3 Å². The average Bonchev–Trinajstić information content (AvgIpc) is 2.75. The summed E-state index contributed by atoms with van der Waals surface area (Å²) in [5.41, 5.74) is 5.26. The Morgan fingerprint density at radius 3 is 2.38 bits per heavy atom. The van der Waals surface area contributed by atoms with Crippen molar-refractivity contribution in [2.24, 2.45) is 0 Å². The number of methoxy groups -OCH3 is 2. The summed E-state index contributed by atoms with van der Waals surface area (Å²) >= 11 is 0. The average molecular weight is 421 g/mol. The molecule has 2 aromatic carbocycles. The molecule has 0 aromatic heterocycles. The molecule has 0 aliphatic carbocycles. The molecule has 0 spiro atoms. The standard InChI is InChI=1S/C21H28N2O5S/c1-27-20-12-17-10-11-23(14-18(17)13-21(20)28-2)29(25,26)15-19(22-24)9-8-16-6-4-3-5-7-16/h3-7,12-13,19,22,24H,8-11,14-15H2,1-2H3. The Bertz CT molecular complexity index is 918. The molecule has 0 fully saturated rings. The highest BCUT2D eigenvalue weighted by Gasteiger charge is 2.30. The summed E-state index contributed by atoms with van der Waals surface area (Å²) in [5.74, 6) is 1.08. The number of ether oxygens (including phenoxy) is 2. The Balaban J connectivity index is 1.67. The van der Waals surface area contributed by atoms with Crippen molar-refractivity contribution in [3.63, 3.8) is 0 Å². The molecule has 0 radical (unpaired) electrons. The molecule has 1 aliphatic heterocycles. The highest BCUT2D eigenvalue weighted by molar-refractivity contribution is 7.89. The number of hydrogen-bond donors (Lipinski definition) is 2. The van der Waals surface area contributed by atoms with Crippen LogP contribution >= 0.6 is 0 Å². The van der Waals surface area contributed by atoms with Crippen LogP contribution in [-0.4, -0.2) is 50.5 Å². The van der Waals surface area contributed by atoms with Crippen molar-refractivity contribution >= 4 is 10.0 Å². The second-order valence-electron chi connectivity index (χ2n) is 7.19. The number of hydroxylamine groups is 1. The van der Waals surface area contributed by atoms with E-state index >= 15 is 0 Å². The second kappa shape index (κ2) is 9.58. The molecule has 2 N–H and O–H groups in total. The van der Waals surface area contributed by atoms with E-state index in [2.05, 4.69) is 5.48 Å². The normalized spacial score (nSPS) is 15.6. The van der Waals surface area contributed by atoms with E-state index in [1.165, 1.54) is 4.31 Å². The van der Waals surface area contributed by atoms with Crippen molar-refractivity contribution in [3.8, 4) is 11.5 Å². The van der Waals surface area contributed by atoms with E-state index in [0.717, 1.165) is 16.7 Å². The summed E-state index contributed by atoms with van der Waals surface area (Å²) in [4.78, 5) is 0. The molecular formula is C21H28N2O5S. The van der Waals surface area contributed by atoms with E-state index in [1.54, 1.807) is 14.2 Å². The van der Waals surface area contributed by atoms with E-state index in [4.69, 9.17) is 9.47 Å². The fraction of sp³-hybridized carbons (Fsp3) is 0.429. The van der Waals surface area contributed by atoms with Crippen LogP contribution in [0.2, 0.25) is 0 Å². The van der Waals surface area contributed by atoms with Crippen LogP contribution in [-0.2, 0) is 29.4 Å². The molecule has 7 nitrogen and oxygen atoms in total. The number of sulfonamides is 1. The smallest absolute Gasteiger partial charge is 0.216 e. The quantitative estimate of drug-likeness (QED) is 0.606. The van der Waals surface area contributed by atoms with Gasteiger partial charge in [-0.1, -0.05) is 30.3 Å². The number of nitrogens with one attached hydrogen (secondary N) is 1. The molecule has 1 unspecified atom stereocenters. The maximum atomic E-state index is 13.0. The number of nitrogens with zero attached hydrogens (tertiary/aromatic N) is 1. The summed E-state index contributed by atoms with van der Waals surface area (Å²) < 4.78 is 38.1. The van der Waals surface area contributed by atoms with E-state index in [0.29, 0.717) is 37.3 Å². The van der Waals surface area contributed by atoms with Crippen molar-refractivity contribution in [1.82, 2.24) is 9.79 Å². The van der Waals surface area contributed by atoms with Gasteiger partial charge in [0.15, 0.2) is 11.5 Å². The van der Waals surface area contributed by atoms with Gasteiger partial charge in [-0.3, -0.25) is 0 Å². The first-order chi connectivity index (χ1) is 14.0. The fourth-order valence-electron chi connectivity index (χ4n) is 3.63. The first kappa shape index (κ1) is 21.6. The van der Waals surface area contributed by atoms with Crippen molar-refractivity contribution in [2.75, 3.05) is 26.5 Å². The first-order valence-electron chi connectivity index (χ1n) is 9.62. The lowest BCUT2D eigenvalue weighted by atomic mass is 10.0. The molecule has 2 aromatic rings. The maximum Gasteiger partial charge on any atom is 0.216 e. The third-order valence-electron chi connectivity index (χ3n) is 5.30. The van der Waals surface area contributed by atoms with Crippen LogP contribution in [0.5, 0.6) is 11.5 Å².